The molecular weight excluding hydrogens is 572 g/mol. The van der Waals surface area contributed by atoms with E-state index >= 15 is 0 Å². The van der Waals surface area contributed by atoms with E-state index in [2.05, 4.69) is 0 Å². The summed E-state index contributed by atoms with van der Waals surface area (Å²) in [6.45, 7) is 8.30. The SMILES string of the molecule is COC(=O)C[C@H](C(=O)OC)C1=CC(C)=C(C)C[C@@H]1[C@H](OC(C)=O)[C@@H](OC(C)=O)[C@@H](OC(C)=O)[C@@H](COC(C)=O)OC(C)=O. The largest absolute Gasteiger partial charge is 0.469 e. The van der Waals surface area contributed by atoms with Crippen LogP contribution in [0.1, 0.15) is 61.3 Å². The van der Waals surface area contributed by atoms with E-state index < -0.39 is 91.1 Å². The summed E-state index contributed by atoms with van der Waals surface area (Å²) in [6, 6.07) is 0. The highest BCUT2D eigenvalue weighted by atomic mass is 16.6. The van der Waals surface area contributed by atoms with Crippen molar-refractivity contribution in [3.63, 3.8) is 0 Å². The predicted molar refractivity (Wildman–Crippen MR) is 146 cm³/mol. The molecule has 6 atom stereocenters. The van der Waals surface area contributed by atoms with Crippen molar-refractivity contribution in [1.29, 1.82) is 0 Å². The van der Waals surface area contributed by atoms with Gasteiger partial charge >= 0.3 is 41.8 Å². The normalized spacial score (nSPS) is 18.0. The lowest BCUT2D eigenvalue weighted by molar-refractivity contribution is -0.206. The van der Waals surface area contributed by atoms with E-state index in [1.807, 2.05) is 0 Å². The van der Waals surface area contributed by atoms with Crippen LogP contribution >= 0.6 is 0 Å². The van der Waals surface area contributed by atoms with Gasteiger partial charge in [-0.25, -0.2) is 0 Å². The van der Waals surface area contributed by atoms with E-state index in [9.17, 15) is 33.6 Å². The molecule has 0 fully saturated rings. The number of hydrogen-bond donors (Lipinski definition) is 0. The van der Waals surface area contributed by atoms with Gasteiger partial charge in [-0.2, -0.15) is 0 Å². The molecule has 240 valence electrons. The number of allylic oxidation sites excluding steroid dienone is 3. The molecule has 1 aliphatic rings. The fourth-order valence-corrected chi connectivity index (χ4v) is 4.72. The Balaban J connectivity index is 3.99. The summed E-state index contributed by atoms with van der Waals surface area (Å²) in [7, 11) is 2.29. The van der Waals surface area contributed by atoms with Crippen LogP contribution in [0.5, 0.6) is 0 Å². The third-order valence-corrected chi connectivity index (χ3v) is 6.58. The van der Waals surface area contributed by atoms with Crippen LogP contribution < -0.4 is 0 Å². The zero-order valence-corrected chi connectivity index (χ0v) is 25.9. The van der Waals surface area contributed by atoms with Crippen LogP contribution in [0.2, 0.25) is 0 Å². The topological polar surface area (TPSA) is 184 Å². The van der Waals surface area contributed by atoms with Gasteiger partial charge in [0.15, 0.2) is 18.3 Å². The zero-order chi connectivity index (χ0) is 33.0. The number of hydrogen-bond acceptors (Lipinski definition) is 14. The van der Waals surface area contributed by atoms with Crippen LogP contribution in [0.25, 0.3) is 0 Å². The molecule has 0 N–H and O–H groups in total. The van der Waals surface area contributed by atoms with Crippen molar-refractivity contribution in [3.8, 4) is 0 Å². The molecule has 0 aliphatic heterocycles. The van der Waals surface area contributed by atoms with Crippen LogP contribution in [-0.2, 0) is 66.7 Å². The first-order valence-corrected chi connectivity index (χ1v) is 13.4. The van der Waals surface area contributed by atoms with Crippen molar-refractivity contribution < 1.29 is 66.7 Å². The van der Waals surface area contributed by atoms with Crippen LogP contribution in [0, 0.1) is 11.8 Å². The molecule has 1 rings (SSSR count). The maximum Gasteiger partial charge on any atom is 0.313 e. The molecule has 0 aromatic carbocycles. The highest BCUT2D eigenvalue weighted by Crippen LogP contribution is 2.41. The lowest BCUT2D eigenvalue weighted by atomic mass is 9.73. The van der Waals surface area contributed by atoms with Crippen LogP contribution in [-0.4, -0.2) is 87.0 Å². The summed E-state index contributed by atoms with van der Waals surface area (Å²) in [5.41, 5.74) is 1.84. The lowest BCUT2D eigenvalue weighted by Gasteiger charge is -2.41. The smallest absolute Gasteiger partial charge is 0.313 e. The molecular formula is C29H40O14. The first kappa shape index (κ1) is 36.8. The van der Waals surface area contributed by atoms with Crippen molar-refractivity contribution in [2.75, 3.05) is 20.8 Å². The zero-order valence-electron chi connectivity index (χ0n) is 25.9. The molecule has 0 heterocycles. The summed E-state index contributed by atoms with van der Waals surface area (Å²) in [5.74, 6) is -7.91. The van der Waals surface area contributed by atoms with Crippen LogP contribution in [0.4, 0.5) is 0 Å². The van der Waals surface area contributed by atoms with Gasteiger partial charge in [-0.3, -0.25) is 33.6 Å². The molecule has 1 aliphatic carbocycles. The summed E-state index contributed by atoms with van der Waals surface area (Å²) in [6.07, 6.45) is -5.00. The fourth-order valence-electron chi connectivity index (χ4n) is 4.72. The highest BCUT2D eigenvalue weighted by Gasteiger charge is 2.49. The molecule has 0 amide bonds. The number of ether oxygens (including phenoxy) is 7. The average molecular weight is 613 g/mol. The summed E-state index contributed by atoms with van der Waals surface area (Å²) < 4.78 is 36.9. The van der Waals surface area contributed by atoms with E-state index in [0.717, 1.165) is 60.0 Å². The molecule has 0 radical (unpaired) electrons. The van der Waals surface area contributed by atoms with E-state index in [0.29, 0.717) is 0 Å². The molecule has 14 nitrogen and oxygen atoms in total. The van der Waals surface area contributed by atoms with Gasteiger partial charge in [0.05, 0.1) is 26.6 Å². The molecule has 0 bridgehead atoms. The van der Waals surface area contributed by atoms with Crippen molar-refractivity contribution in [1.82, 2.24) is 0 Å². The summed E-state index contributed by atoms with van der Waals surface area (Å²) in [5, 5.41) is 0. The van der Waals surface area contributed by atoms with Gasteiger partial charge in [0.1, 0.15) is 12.7 Å². The maximum atomic E-state index is 13.0. The van der Waals surface area contributed by atoms with Gasteiger partial charge in [0.25, 0.3) is 0 Å². The first-order chi connectivity index (χ1) is 20.0. The highest BCUT2D eigenvalue weighted by molar-refractivity contribution is 5.83. The third-order valence-electron chi connectivity index (χ3n) is 6.58. The van der Waals surface area contributed by atoms with Crippen molar-refractivity contribution >= 4 is 41.8 Å². The Bertz CT molecular complexity index is 1150. The number of esters is 7. The minimum absolute atomic E-state index is 0.136. The maximum absolute atomic E-state index is 13.0. The molecule has 0 aromatic rings. The molecule has 0 spiro atoms. The number of carbonyl (C=O) groups excluding carboxylic acids is 7. The minimum Gasteiger partial charge on any atom is -0.469 e. The van der Waals surface area contributed by atoms with Gasteiger partial charge in [-0.15, -0.1) is 0 Å². The third kappa shape index (κ3) is 11.5. The van der Waals surface area contributed by atoms with Crippen LogP contribution in [0.15, 0.2) is 22.8 Å². The second-order valence-electron chi connectivity index (χ2n) is 9.95. The fraction of sp³-hybridized carbons (Fsp3) is 0.621. The van der Waals surface area contributed by atoms with E-state index in [1.165, 1.54) is 0 Å². The Morgan fingerprint density at radius 2 is 1.28 bits per heavy atom. The van der Waals surface area contributed by atoms with Crippen molar-refractivity contribution in [2.45, 2.75) is 85.7 Å². The molecule has 14 heteroatoms. The van der Waals surface area contributed by atoms with Crippen LogP contribution in [0.3, 0.4) is 0 Å². The standard InChI is InChI=1S/C29H40O14/c1-14-10-21(23(29(36)38-9)12-25(35)37-8)22(11-15(14)2)26(41-18(5)32)28(43-20(7)34)27(42-19(6)33)24(40-17(4)31)13-39-16(3)30/h10,22-24,26-28H,11-13H2,1-9H3/t22-,23-,24+,26-,27-,28+/m0/s1. The van der Waals surface area contributed by atoms with Gasteiger partial charge in [0.2, 0.25) is 0 Å². The first-order valence-electron chi connectivity index (χ1n) is 13.4. The van der Waals surface area contributed by atoms with E-state index in [4.69, 9.17) is 33.2 Å². The summed E-state index contributed by atoms with van der Waals surface area (Å²) in [4.78, 5) is 86.2. The molecule has 43 heavy (non-hydrogen) atoms. The van der Waals surface area contributed by atoms with E-state index in [-0.39, 0.29) is 12.0 Å². The minimum atomic E-state index is -1.67. The van der Waals surface area contributed by atoms with E-state index in [1.54, 1.807) is 19.9 Å². The molecule has 0 unspecified atom stereocenters. The van der Waals surface area contributed by atoms with Crippen molar-refractivity contribution in [3.05, 3.63) is 22.8 Å². The molecule has 0 saturated carbocycles. The van der Waals surface area contributed by atoms with Gasteiger partial charge in [-0.05, 0) is 25.8 Å². The van der Waals surface area contributed by atoms with Gasteiger partial charge in [-0.1, -0.05) is 17.2 Å². The number of rotatable bonds is 14. The average Bonchev–Trinajstić information content (AvgIpc) is 2.90. The Morgan fingerprint density at radius 1 is 0.744 bits per heavy atom. The van der Waals surface area contributed by atoms with Crippen molar-refractivity contribution in [2.24, 2.45) is 11.8 Å². The quantitative estimate of drug-likeness (QED) is 0.205. The Labute approximate surface area is 249 Å². The molecule has 0 aromatic heterocycles. The van der Waals surface area contributed by atoms with Gasteiger partial charge < -0.3 is 33.2 Å². The monoisotopic (exact) mass is 612 g/mol. The summed E-state index contributed by atoms with van der Waals surface area (Å²) >= 11 is 0. The molecule has 0 saturated heterocycles. The Kier molecular flexibility index (Phi) is 14.6. The van der Waals surface area contributed by atoms with Gasteiger partial charge in [0, 0.05) is 40.5 Å². The Morgan fingerprint density at radius 3 is 1.74 bits per heavy atom. The number of methoxy groups -OCH3 is 2. The second-order valence-corrected chi connectivity index (χ2v) is 9.95. The lowest BCUT2D eigenvalue weighted by Crippen LogP contribution is -2.55. The number of carbonyl (C=O) groups is 7. The predicted octanol–water partition coefficient (Wildman–Crippen LogP) is 1.91. The Hall–Kier alpha value is -4.23. The second kappa shape index (κ2) is 17.0.